The molecule has 3 nitrogen and oxygen atoms in total. The second-order valence-corrected chi connectivity index (χ2v) is 4.58. The molecule has 0 spiro atoms. The Morgan fingerprint density at radius 1 is 1.47 bits per heavy atom. The van der Waals surface area contributed by atoms with Gasteiger partial charge in [0.25, 0.3) is 0 Å². The molecule has 3 N–H and O–H groups in total. The standard InChI is InChI=1S/C13H17FN2O/c14-12-7-10(13(15)17)3-4-11(12)8-16-6-5-9-1-2-9/h3-4,7,9,16H,1-2,5-6,8H2,(H2,15,17). The first-order valence-corrected chi connectivity index (χ1v) is 5.96. The largest absolute Gasteiger partial charge is 0.366 e. The molecular formula is C13H17FN2O. The predicted molar refractivity (Wildman–Crippen MR) is 64.0 cm³/mol. The van der Waals surface area contributed by atoms with Crippen LogP contribution in [0.1, 0.15) is 35.2 Å². The van der Waals surface area contributed by atoms with Gasteiger partial charge < -0.3 is 11.1 Å². The van der Waals surface area contributed by atoms with Gasteiger partial charge in [0, 0.05) is 17.7 Å². The van der Waals surface area contributed by atoms with E-state index < -0.39 is 5.91 Å². The SMILES string of the molecule is NC(=O)c1ccc(CNCCC2CC2)c(F)c1. The lowest BCUT2D eigenvalue weighted by Gasteiger charge is -2.06. The lowest BCUT2D eigenvalue weighted by Crippen LogP contribution is -2.17. The van der Waals surface area contributed by atoms with E-state index >= 15 is 0 Å². The van der Waals surface area contributed by atoms with Crippen molar-refractivity contribution in [3.8, 4) is 0 Å². The third-order valence-electron chi connectivity index (χ3n) is 3.08. The third kappa shape index (κ3) is 3.53. The minimum absolute atomic E-state index is 0.212. The lowest BCUT2D eigenvalue weighted by atomic mass is 10.1. The number of halogens is 1. The number of benzene rings is 1. The first-order chi connectivity index (χ1) is 8.16. The van der Waals surface area contributed by atoms with Gasteiger partial charge in [-0.15, -0.1) is 0 Å². The molecule has 1 saturated carbocycles. The molecule has 92 valence electrons. The van der Waals surface area contributed by atoms with Crippen molar-refractivity contribution in [3.05, 3.63) is 35.1 Å². The summed E-state index contributed by atoms with van der Waals surface area (Å²) in [6.45, 7) is 1.42. The highest BCUT2D eigenvalue weighted by molar-refractivity contribution is 5.92. The van der Waals surface area contributed by atoms with Crippen molar-refractivity contribution in [3.63, 3.8) is 0 Å². The highest BCUT2D eigenvalue weighted by Crippen LogP contribution is 2.31. The zero-order chi connectivity index (χ0) is 12.3. The fraction of sp³-hybridized carbons (Fsp3) is 0.462. The summed E-state index contributed by atoms with van der Waals surface area (Å²) in [5.41, 5.74) is 5.86. The molecule has 17 heavy (non-hydrogen) atoms. The minimum Gasteiger partial charge on any atom is -0.366 e. The topological polar surface area (TPSA) is 55.1 Å². The van der Waals surface area contributed by atoms with E-state index in [1.807, 2.05) is 0 Å². The predicted octanol–water partition coefficient (Wildman–Crippen LogP) is 1.81. The summed E-state index contributed by atoms with van der Waals surface area (Å²) in [4.78, 5) is 10.8. The van der Waals surface area contributed by atoms with Crippen LogP contribution in [0.2, 0.25) is 0 Å². The van der Waals surface area contributed by atoms with Gasteiger partial charge >= 0.3 is 0 Å². The highest BCUT2D eigenvalue weighted by Gasteiger charge is 2.20. The van der Waals surface area contributed by atoms with Gasteiger partial charge in [0.05, 0.1) is 0 Å². The summed E-state index contributed by atoms with van der Waals surface area (Å²) in [7, 11) is 0. The van der Waals surface area contributed by atoms with Gasteiger partial charge in [0.1, 0.15) is 5.82 Å². The van der Waals surface area contributed by atoms with Crippen LogP contribution in [0.15, 0.2) is 18.2 Å². The van der Waals surface area contributed by atoms with E-state index in [-0.39, 0.29) is 11.4 Å². The summed E-state index contributed by atoms with van der Waals surface area (Å²) in [6, 6.07) is 4.36. The van der Waals surface area contributed by atoms with E-state index in [4.69, 9.17) is 5.73 Å². The Morgan fingerprint density at radius 2 is 2.24 bits per heavy atom. The number of carbonyl (C=O) groups excluding carboxylic acids is 1. The molecule has 0 saturated heterocycles. The van der Waals surface area contributed by atoms with Crippen LogP contribution in [0, 0.1) is 11.7 Å². The summed E-state index contributed by atoms with van der Waals surface area (Å²) in [6.07, 6.45) is 3.84. The summed E-state index contributed by atoms with van der Waals surface area (Å²) < 4.78 is 13.6. The molecule has 1 fully saturated rings. The highest BCUT2D eigenvalue weighted by atomic mass is 19.1. The van der Waals surface area contributed by atoms with Crippen molar-refractivity contribution in [1.29, 1.82) is 0 Å². The van der Waals surface area contributed by atoms with Gasteiger partial charge in [-0.05, 0) is 31.0 Å². The molecule has 0 atom stereocenters. The van der Waals surface area contributed by atoms with E-state index in [9.17, 15) is 9.18 Å². The van der Waals surface area contributed by atoms with E-state index in [0.717, 1.165) is 12.5 Å². The Labute approximate surface area is 100 Å². The van der Waals surface area contributed by atoms with Crippen LogP contribution in [-0.2, 0) is 6.54 Å². The molecular weight excluding hydrogens is 219 g/mol. The van der Waals surface area contributed by atoms with Crippen molar-refractivity contribution in [2.75, 3.05) is 6.54 Å². The second kappa shape index (κ2) is 5.27. The van der Waals surface area contributed by atoms with Gasteiger partial charge in [-0.3, -0.25) is 4.79 Å². The van der Waals surface area contributed by atoms with Crippen molar-refractivity contribution >= 4 is 5.91 Å². The monoisotopic (exact) mass is 236 g/mol. The van der Waals surface area contributed by atoms with E-state index in [1.54, 1.807) is 12.1 Å². The maximum atomic E-state index is 13.6. The number of hydrogen-bond acceptors (Lipinski definition) is 2. The Kier molecular flexibility index (Phi) is 3.74. The van der Waals surface area contributed by atoms with Crippen molar-refractivity contribution < 1.29 is 9.18 Å². The number of primary amides is 1. The number of carbonyl (C=O) groups is 1. The maximum Gasteiger partial charge on any atom is 0.248 e. The average molecular weight is 236 g/mol. The molecule has 0 heterocycles. The van der Waals surface area contributed by atoms with E-state index in [0.29, 0.717) is 12.1 Å². The van der Waals surface area contributed by atoms with Gasteiger partial charge in [-0.1, -0.05) is 18.9 Å². The third-order valence-corrected chi connectivity index (χ3v) is 3.08. The number of amides is 1. The summed E-state index contributed by atoms with van der Waals surface area (Å²) >= 11 is 0. The fourth-order valence-corrected chi connectivity index (χ4v) is 1.78. The Hall–Kier alpha value is -1.42. The molecule has 1 aliphatic carbocycles. The molecule has 2 rings (SSSR count). The molecule has 0 bridgehead atoms. The van der Waals surface area contributed by atoms with E-state index in [2.05, 4.69) is 5.32 Å². The van der Waals surface area contributed by atoms with Gasteiger partial charge in [0.2, 0.25) is 5.91 Å². The molecule has 0 radical (unpaired) electrons. The van der Waals surface area contributed by atoms with Crippen LogP contribution in [0.4, 0.5) is 4.39 Å². The van der Waals surface area contributed by atoms with Crippen molar-refractivity contribution in [1.82, 2.24) is 5.32 Å². The van der Waals surface area contributed by atoms with Crippen LogP contribution in [0.5, 0.6) is 0 Å². The molecule has 1 aromatic rings. The van der Waals surface area contributed by atoms with Gasteiger partial charge in [0.15, 0.2) is 0 Å². The minimum atomic E-state index is -0.600. The maximum absolute atomic E-state index is 13.6. The lowest BCUT2D eigenvalue weighted by molar-refractivity contribution is 0.1000. The molecule has 1 amide bonds. The normalized spacial score (nSPS) is 14.9. The Morgan fingerprint density at radius 3 is 2.82 bits per heavy atom. The van der Waals surface area contributed by atoms with Gasteiger partial charge in [-0.2, -0.15) is 0 Å². The molecule has 0 aromatic heterocycles. The number of hydrogen-bond donors (Lipinski definition) is 2. The first kappa shape index (κ1) is 12.0. The average Bonchev–Trinajstić information content (AvgIpc) is 3.09. The number of rotatable bonds is 6. The van der Waals surface area contributed by atoms with Crippen LogP contribution >= 0.6 is 0 Å². The molecule has 1 aromatic carbocycles. The van der Waals surface area contributed by atoms with Crippen LogP contribution in [0.25, 0.3) is 0 Å². The van der Waals surface area contributed by atoms with Crippen LogP contribution < -0.4 is 11.1 Å². The fourth-order valence-electron chi connectivity index (χ4n) is 1.78. The van der Waals surface area contributed by atoms with Crippen LogP contribution in [0.3, 0.4) is 0 Å². The summed E-state index contributed by atoms with van der Waals surface area (Å²) in [5, 5.41) is 3.21. The first-order valence-electron chi connectivity index (χ1n) is 5.96. The zero-order valence-electron chi connectivity index (χ0n) is 9.71. The van der Waals surface area contributed by atoms with Crippen LogP contribution in [-0.4, -0.2) is 12.5 Å². The number of nitrogens with one attached hydrogen (secondary N) is 1. The quantitative estimate of drug-likeness (QED) is 0.740. The van der Waals surface area contributed by atoms with Gasteiger partial charge in [-0.25, -0.2) is 4.39 Å². The molecule has 0 unspecified atom stereocenters. The van der Waals surface area contributed by atoms with Crippen molar-refractivity contribution in [2.24, 2.45) is 11.7 Å². The van der Waals surface area contributed by atoms with E-state index in [1.165, 1.54) is 25.3 Å². The molecule has 1 aliphatic rings. The second-order valence-electron chi connectivity index (χ2n) is 4.58. The summed E-state index contributed by atoms with van der Waals surface area (Å²) in [5.74, 6) is -0.0954. The molecule has 0 aliphatic heterocycles. The Bertz CT molecular complexity index is 416. The Balaban J connectivity index is 1.84. The molecule has 4 heteroatoms. The zero-order valence-corrected chi connectivity index (χ0v) is 9.71. The number of nitrogens with two attached hydrogens (primary N) is 1. The van der Waals surface area contributed by atoms with Crippen molar-refractivity contribution in [2.45, 2.75) is 25.8 Å². The smallest absolute Gasteiger partial charge is 0.248 e.